The van der Waals surface area contributed by atoms with Gasteiger partial charge in [-0.25, -0.2) is 0 Å². The van der Waals surface area contributed by atoms with Crippen molar-refractivity contribution in [2.75, 3.05) is 25.0 Å². The number of aliphatic hydroxyl groups is 1. The molecule has 0 spiro atoms. The van der Waals surface area contributed by atoms with E-state index >= 15 is 0 Å². The second kappa shape index (κ2) is 7.11. The van der Waals surface area contributed by atoms with E-state index in [2.05, 4.69) is 5.32 Å². The summed E-state index contributed by atoms with van der Waals surface area (Å²) in [5, 5.41) is 11.7. The van der Waals surface area contributed by atoms with Crippen LogP contribution < -0.4 is 5.32 Å². The van der Waals surface area contributed by atoms with Crippen LogP contribution in [0.2, 0.25) is 0 Å². The molecule has 2 rings (SSSR count). The molecule has 1 aliphatic heterocycles. The first-order valence-electron chi connectivity index (χ1n) is 7.22. The van der Waals surface area contributed by atoms with E-state index in [4.69, 9.17) is 0 Å². The summed E-state index contributed by atoms with van der Waals surface area (Å²) in [4.78, 5) is 13.9. The molecule has 1 aliphatic rings. The number of anilines is 1. The number of rotatable bonds is 5. The first-order valence-corrected chi connectivity index (χ1v) is 7.22. The number of benzene rings is 1. The lowest BCUT2D eigenvalue weighted by atomic mass is 10.2. The predicted molar refractivity (Wildman–Crippen MR) is 76.4 cm³/mol. The first kappa shape index (κ1) is 16.8. The number of halogens is 3. The lowest BCUT2D eigenvalue weighted by Gasteiger charge is -2.22. The first-order chi connectivity index (χ1) is 10.4. The van der Waals surface area contributed by atoms with Gasteiger partial charge in [-0.2, -0.15) is 13.2 Å². The summed E-state index contributed by atoms with van der Waals surface area (Å²) in [5.41, 5.74) is -0.648. The highest BCUT2D eigenvalue weighted by atomic mass is 19.4. The minimum Gasteiger partial charge on any atom is -0.395 e. The Kier molecular flexibility index (Phi) is 5.42. The lowest BCUT2D eigenvalue weighted by molar-refractivity contribution is -0.137. The van der Waals surface area contributed by atoms with Crippen LogP contribution in [-0.2, 0) is 11.0 Å². The van der Waals surface area contributed by atoms with E-state index in [0.29, 0.717) is 6.54 Å². The van der Waals surface area contributed by atoms with Crippen molar-refractivity contribution < 1.29 is 23.1 Å². The zero-order valence-electron chi connectivity index (χ0n) is 12.1. The van der Waals surface area contributed by atoms with Crippen LogP contribution in [0.1, 0.15) is 24.8 Å². The summed E-state index contributed by atoms with van der Waals surface area (Å²) in [5.74, 6) is -0.331. The monoisotopic (exact) mass is 316 g/mol. The van der Waals surface area contributed by atoms with Crippen LogP contribution in [0.15, 0.2) is 24.3 Å². The van der Waals surface area contributed by atoms with E-state index in [1.807, 2.05) is 4.90 Å². The molecule has 0 aliphatic carbocycles. The number of aliphatic hydroxyl groups excluding tert-OH is 1. The zero-order chi connectivity index (χ0) is 16.2. The van der Waals surface area contributed by atoms with Gasteiger partial charge in [0.1, 0.15) is 0 Å². The van der Waals surface area contributed by atoms with Gasteiger partial charge >= 0.3 is 6.18 Å². The molecule has 0 saturated carbocycles. The molecule has 4 nitrogen and oxygen atoms in total. The molecule has 1 atom stereocenters. The van der Waals surface area contributed by atoms with Crippen LogP contribution >= 0.6 is 0 Å². The SMILES string of the molecule is O=C(CCN1CCC[C@@H]1CO)Nc1cccc(C(F)(F)F)c1. The number of nitrogens with one attached hydrogen (secondary N) is 1. The average molecular weight is 316 g/mol. The Morgan fingerprint density at radius 1 is 1.41 bits per heavy atom. The molecular weight excluding hydrogens is 297 g/mol. The highest BCUT2D eigenvalue weighted by Gasteiger charge is 2.30. The maximum absolute atomic E-state index is 12.6. The van der Waals surface area contributed by atoms with Crippen molar-refractivity contribution >= 4 is 11.6 Å². The molecule has 7 heteroatoms. The van der Waals surface area contributed by atoms with Crippen molar-refractivity contribution in [1.29, 1.82) is 0 Å². The number of carbonyl (C=O) groups excluding carboxylic acids is 1. The fraction of sp³-hybridized carbons (Fsp3) is 0.533. The molecule has 0 unspecified atom stereocenters. The highest BCUT2D eigenvalue weighted by Crippen LogP contribution is 2.30. The van der Waals surface area contributed by atoms with Crippen LogP contribution in [0.25, 0.3) is 0 Å². The standard InChI is InChI=1S/C15H19F3N2O2/c16-15(17,18)11-3-1-4-12(9-11)19-14(22)6-8-20-7-2-5-13(20)10-21/h1,3-4,9,13,21H,2,5-8,10H2,(H,19,22)/t13-/m1/s1. The second-order valence-electron chi connectivity index (χ2n) is 5.39. The molecule has 0 bridgehead atoms. The summed E-state index contributed by atoms with van der Waals surface area (Å²) in [6.45, 7) is 1.40. The highest BCUT2D eigenvalue weighted by molar-refractivity contribution is 5.90. The Hall–Kier alpha value is -1.60. The van der Waals surface area contributed by atoms with E-state index < -0.39 is 11.7 Å². The van der Waals surface area contributed by atoms with Gasteiger partial charge in [0, 0.05) is 24.7 Å². The van der Waals surface area contributed by atoms with Crippen molar-refractivity contribution in [3.63, 3.8) is 0 Å². The van der Waals surface area contributed by atoms with Gasteiger partial charge in [-0.3, -0.25) is 9.69 Å². The quantitative estimate of drug-likeness (QED) is 0.877. The summed E-state index contributed by atoms with van der Waals surface area (Å²) in [6.07, 6.45) is -2.34. The molecule has 2 N–H and O–H groups in total. The van der Waals surface area contributed by atoms with Gasteiger partial charge in [0.2, 0.25) is 5.91 Å². The number of alkyl halides is 3. The summed E-state index contributed by atoms with van der Waals surface area (Å²) in [6, 6.07) is 4.66. The third-order valence-corrected chi connectivity index (χ3v) is 3.81. The smallest absolute Gasteiger partial charge is 0.395 e. The average Bonchev–Trinajstić information content (AvgIpc) is 2.92. The fourth-order valence-corrected chi connectivity index (χ4v) is 2.64. The summed E-state index contributed by atoms with van der Waals surface area (Å²) >= 11 is 0. The zero-order valence-corrected chi connectivity index (χ0v) is 12.1. The minimum atomic E-state index is -4.43. The van der Waals surface area contributed by atoms with Crippen LogP contribution in [-0.4, -0.2) is 41.7 Å². The molecule has 22 heavy (non-hydrogen) atoms. The maximum atomic E-state index is 12.6. The summed E-state index contributed by atoms with van der Waals surface area (Å²) < 4.78 is 37.8. The van der Waals surface area contributed by atoms with E-state index in [0.717, 1.165) is 31.5 Å². The van der Waals surface area contributed by atoms with Gasteiger partial charge in [0.15, 0.2) is 0 Å². The van der Waals surface area contributed by atoms with E-state index in [9.17, 15) is 23.1 Å². The molecule has 1 amide bonds. The Morgan fingerprint density at radius 2 is 2.18 bits per heavy atom. The number of carbonyl (C=O) groups is 1. The third-order valence-electron chi connectivity index (χ3n) is 3.81. The van der Waals surface area contributed by atoms with Gasteiger partial charge in [0.05, 0.1) is 12.2 Å². The Labute approximate surface area is 126 Å². The predicted octanol–water partition coefficient (Wildman–Crippen LogP) is 2.49. The topological polar surface area (TPSA) is 52.6 Å². The molecule has 0 aromatic heterocycles. The number of hydrogen-bond donors (Lipinski definition) is 2. The van der Waals surface area contributed by atoms with Crippen LogP contribution in [0.4, 0.5) is 18.9 Å². The van der Waals surface area contributed by atoms with Gasteiger partial charge in [-0.15, -0.1) is 0 Å². The Balaban J connectivity index is 1.87. The third kappa shape index (κ3) is 4.45. The Morgan fingerprint density at radius 3 is 2.86 bits per heavy atom. The maximum Gasteiger partial charge on any atom is 0.416 e. The molecule has 1 fully saturated rings. The van der Waals surface area contributed by atoms with E-state index in [1.54, 1.807) is 0 Å². The van der Waals surface area contributed by atoms with Crippen LogP contribution in [0.3, 0.4) is 0 Å². The van der Waals surface area contributed by atoms with Crippen molar-refractivity contribution in [1.82, 2.24) is 4.90 Å². The van der Waals surface area contributed by atoms with Crippen molar-refractivity contribution in [2.24, 2.45) is 0 Å². The number of amides is 1. The number of hydrogen-bond acceptors (Lipinski definition) is 3. The van der Waals surface area contributed by atoms with Crippen LogP contribution in [0.5, 0.6) is 0 Å². The van der Waals surface area contributed by atoms with Gasteiger partial charge in [-0.1, -0.05) is 6.07 Å². The molecule has 0 radical (unpaired) electrons. The van der Waals surface area contributed by atoms with Gasteiger partial charge in [-0.05, 0) is 37.6 Å². The molecule has 1 aromatic rings. The minimum absolute atomic E-state index is 0.0647. The molecule has 1 aromatic carbocycles. The van der Waals surface area contributed by atoms with Crippen LogP contribution in [0, 0.1) is 0 Å². The summed E-state index contributed by atoms with van der Waals surface area (Å²) in [7, 11) is 0. The van der Waals surface area contributed by atoms with E-state index in [1.165, 1.54) is 12.1 Å². The largest absolute Gasteiger partial charge is 0.416 e. The number of nitrogens with zero attached hydrogens (tertiary/aromatic N) is 1. The normalized spacial score (nSPS) is 19.4. The fourth-order valence-electron chi connectivity index (χ4n) is 2.64. The van der Waals surface area contributed by atoms with E-state index in [-0.39, 0.29) is 30.7 Å². The molecular formula is C15H19F3N2O2. The second-order valence-corrected chi connectivity index (χ2v) is 5.39. The molecule has 1 saturated heterocycles. The molecule has 1 heterocycles. The van der Waals surface area contributed by atoms with Crippen molar-refractivity contribution in [2.45, 2.75) is 31.5 Å². The lowest BCUT2D eigenvalue weighted by Crippen LogP contribution is -2.34. The van der Waals surface area contributed by atoms with Gasteiger partial charge in [0.25, 0.3) is 0 Å². The van der Waals surface area contributed by atoms with Gasteiger partial charge < -0.3 is 10.4 Å². The molecule has 122 valence electrons. The number of likely N-dealkylation sites (tertiary alicyclic amines) is 1. The Bertz CT molecular complexity index is 520. The van der Waals surface area contributed by atoms with Crippen molar-refractivity contribution in [3.8, 4) is 0 Å². The van der Waals surface area contributed by atoms with Crippen molar-refractivity contribution in [3.05, 3.63) is 29.8 Å².